The molecule has 4 rings (SSSR count). The molecule has 0 aliphatic heterocycles. The van der Waals surface area contributed by atoms with Crippen molar-refractivity contribution in [1.82, 2.24) is 10.2 Å². The van der Waals surface area contributed by atoms with Crippen LogP contribution in [0.15, 0.2) is 82.6 Å². The summed E-state index contributed by atoms with van der Waals surface area (Å²) in [7, 11) is -4.22. The molecule has 0 radical (unpaired) electrons. The van der Waals surface area contributed by atoms with Crippen molar-refractivity contribution in [2.24, 2.45) is 0 Å². The number of carbonyl (C=O) groups excluding carboxylic acids is 2. The van der Waals surface area contributed by atoms with Gasteiger partial charge in [0.2, 0.25) is 11.8 Å². The molecule has 1 fully saturated rings. The molecule has 1 saturated carbocycles. The highest BCUT2D eigenvalue weighted by atomic mass is 35.5. The maximum Gasteiger partial charge on any atom is 0.264 e. The minimum absolute atomic E-state index is 0.0460. The van der Waals surface area contributed by atoms with Crippen molar-refractivity contribution in [3.05, 3.63) is 83.4 Å². The average Bonchev–Trinajstić information content (AvgIpc) is 3.54. The summed E-state index contributed by atoms with van der Waals surface area (Å²) in [5.74, 6) is -0.412. The highest BCUT2D eigenvalue weighted by Crippen LogP contribution is 2.33. The normalized spacial score (nSPS) is 14.2. The Bertz CT molecular complexity index is 1510. The van der Waals surface area contributed by atoms with Gasteiger partial charge in [-0.1, -0.05) is 55.6 Å². The number of benzene rings is 3. The Labute approximate surface area is 270 Å². The van der Waals surface area contributed by atoms with Crippen LogP contribution in [0.25, 0.3) is 0 Å². The fourth-order valence-electron chi connectivity index (χ4n) is 5.40. The summed E-state index contributed by atoms with van der Waals surface area (Å²) in [6, 6.07) is 19.6. The zero-order valence-corrected chi connectivity index (χ0v) is 27.8. The number of nitrogens with zero attached hydrogens (tertiary/aromatic N) is 2. The van der Waals surface area contributed by atoms with Gasteiger partial charge in [0.1, 0.15) is 18.3 Å². The number of rotatable bonds is 14. The Balaban J connectivity index is 1.75. The van der Waals surface area contributed by atoms with Crippen LogP contribution in [0.5, 0.6) is 5.75 Å². The minimum Gasteiger partial charge on any atom is -0.492 e. The Kier molecular flexibility index (Phi) is 12.0. The number of hydrogen-bond donors (Lipinski definition) is 1. The first-order chi connectivity index (χ1) is 21.2. The molecule has 1 atom stereocenters. The summed E-state index contributed by atoms with van der Waals surface area (Å²) in [4.78, 5) is 30.4. The van der Waals surface area contributed by atoms with Crippen LogP contribution in [0.2, 0.25) is 5.02 Å². The maximum absolute atomic E-state index is 14.4. The molecule has 0 unspecified atom stereocenters. The van der Waals surface area contributed by atoms with E-state index in [0.29, 0.717) is 23.8 Å². The van der Waals surface area contributed by atoms with Crippen molar-refractivity contribution in [1.29, 1.82) is 0 Å². The summed E-state index contributed by atoms with van der Waals surface area (Å²) in [6.45, 7) is 3.55. The number of carbonyl (C=O) groups is 2. The number of hydrogen-bond acceptors (Lipinski definition) is 6. The van der Waals surface area contributed by atoms with Crippen LogP contribution in [0.3, 0.4) is 0 Å². The fourth-order valence-corrected chi connectivity index (χ4v) is 7.36. The molecule has 0 bridgehead atoms. The lowest BCUT2D eigenvalue weighted by Crippen LogP contribution is -2.53. The van der Waals surface area contributed by atoms with Crippen LogP contribution in [-0.2, 0) is 26.2 Å². The lowest BCUT2D eigenvalue weighted by molar-refractivity contribution is -0.140. The molecule has 1 N–H and O–H groups in total. The topological polar surface area (TPSA) is 96.0 Å². The van der Waals surface area contributed by atoms with E-state index in [0.717, 1.165) is 40.4 Å². The molecule has 3 aromatic carbocycles. The maximum atomic E-state index is 14.4. The second kappa shape index (κ2) is 15.7. The minimum atomic E-state index is -4.22. The van der Waals surface area contributed by atoms with Gasteiger partial charge in [-0.15, -0.1) is 11.8 Å². The van der Waals surface area contributed by atoms with Crippen molar-refractivity contribution in [2.45, 2.75) is 74.4 Å². The first-order valence-corrected chi connectivity index (χ1v) is 17.9. The predicted octanol–water partition coefficient (Wildman–Crippen LogP) is 6.52. The van der Waals surface area contributed by atoms with E-state index in [1.807, 2.05) is 20.1 Å². The van der Waals surface area contributed by atoms with Crippen molar-refractivity contribution < 1.29 is 22.7 Å². The van der Waals surface area contributed by atoms with E-state index in [2.05, 4.69) is 5.32 Å². The zero-order valence-electron chi connectivity index (χ0n) is 25.4. The van der Waals surface area contributed by atoms with Gasteiger partial charge < -0.3 is 15.0 Å². The summed E-state index contributed by atoms with van der Waals surface area (Å²) in [6.07, 6.45) is 6.19. The van der Waals surface area contributed by atoms with Gasteiger partial charge in [0.25, 0.3) is 10.0 Å². The van der Waals surface area contributed by atoms with Crippen molar-refractivity contribution in [2.75, 3.05) is 23.7 Å². The Hall–Kier alpha value is -3.21. The van der Waals surface area contributed by atoms with Gasteiger partial charge in [-0.2, -0.15) is 0 Å². The van der Waals surface area contributed by atoms with Crippen molar-refractivity contribution in [3.63, 3.8) is 0 Å². The highest BCUT2D eigenvalue weighted by molar-refractivity contribution is 7.98. The van der Waals surface area contributed by atoms with Gasteiger partial charge in [-0.3, -0.25) is 13.9 Å². The number of para-hydroxylation sites is 2. The lowest BCUT2D eigenvalue weighted by Gasteiger charge is -2.34. The average molecular weight is 658 g/mol. The smallest absolute Gasteiger partial charge is 0.264 e. The molecule has 0 aromatic heterocycles. The Morgan fingerprint density at radius 3 is 2.27 bits per heavy atom. The molecule has 1 aliphatic rings. The van der Waals surface area contributed by atoms with Crippen LogP contribution in [0, 0.1) is 0 Å². The molecule has 2 amide bonds. The molecular weight excluding hydrogens is 618 g/mol. The van der Waals surface area contributed by atoms with E-state index in [9.17, 15) is 18.0 Å². The van der Waals surface area contributed by atoms with E-state index < -0.39 is 28.5 Å². The Morgan fingerprint density at radius 2 is 1.66 bits per heavy atom. The third-order valence-electron chi connectivity index (χ3n) is 7.71. The summed E-state index contributed by atoms with van der Waals surface area (Å²) < 4.78 is 35.4. The first kappa shape index (κ1) is 33.7. The molecule has 44 heavy (non-hydrogen) atoms. The first-order valence-electron chi connectivity index (χ1n) is 14.9. The van der Waals surface area contributed by atoms with Crippen LogP contribution in [-0.4, -0.2) is 56.6 Å². The summed E-state index contributed by atoms with van der Waals surface area (Å²) in [5, 5.41) is 3.68. The molecular formula is C33H40ClN3O5S2. The predicted molar refractivity (Wildman–Crippen MR) is 177 cm³/mol. The SMILES string of the molecule is CCOc1ccccc1N(CC(=O)N(Cc1ccc(Cl)cc1)[C@@H](CC)C(=O)NC1CCCC1)S(=O)(=O)c1ccc(SC)cc1. The molecule has 0 spiro atoms. The van der Waals surface area contributed by atoms with Crippen LogP contribution in [0.4, 0.5) is 5.69 Å². The Morgan fingerprint density at radius 1 is 1.00 bits per heavy atom. The number of amides is 2. The summed E-state index contributed by atoms with van der Waals surface area (Å²) in [5.41, 5.74) is 1.01. The second-order valence-electron chi connectivity index (χ2n) is 10.7. The van der Waals surface area contributed by atoms with Gasteiger partial charge in [0.15, 0.2) is 0 Å². The van der Waals surface area contributed by atoms with E-state index in [-0.39, 0.29) is 29.1 Å². The zero-order chi connectivity index (χ0) is 31.7. The van der Waals surface area contributed by atoms with Crippen LogP contribution < -0.4 is 14.4 Å². The molecule has 0 saturated heterocycles. The highest BCUT2D eigenvalue weighted by Gasteiger charge is 2.35. The van der Waals surface area contributed by atoms with Crippen molar-refractivity contribution >= 4 is 50.9 Å². The molecule has 3 aromatic rings. The third kappa shape index (κ3) is 8.28. The molecule has 11 heteroatoms. The van der Waals surface area contributed by atoms with Gasteiger partial charge in [-0.05, 0) is 86.5 Å². The molecule has 0 heterocycles. The number of halogens is 1. The van der Waals surface area contributed by atoms with Gasteiger partial charge >= 0.3 is 0 Å². The van der Waals surface area contributed by atoms with E-state index >= 15 is 0 Å². The van der Waals surface area contributed by atoms with Crippen LogP contribution in [0.1, 0.15) is 51.5 Å². The quantitative estimate of drug-likeness (QED) is 0.198. The number of ether oxygens (including phenoxy) is 1. The molecule has 8 nitrogen and oxygen atoms in total. The van der Waals surface area contributed by atoms with Gasteiger partial charge in [-0.25, -0.2) is 8.42 Å². The van der Waals surface area contributed by atoms with E-state index in [1.165, 1.54) is 28.8 Å². The van der Waals surface area contributed by atoms with Crippen molar-refractivity contribution in [3.8, 4) is 5.75 Å². The van der Waals surface area contributed by atoms with Crippen LogP contribution >= 0.6 is 23.4 Å². The fraction of sp³-hybridized carbons (Fsp3) is 0.394. The molecule has 236 valence electrons. The van der Waals surface area contributed by atoms with E-state index in [4.69, 9.17) is 16.3 Å². The monoisotopic (exact) mass is 657 g/mol. The lowest BCUT2D eigenvalue weighted by atomic mass is 10.1. The number of thioether (sulfide) groups is 1. The number of anilines is 1. The largest absolute Gasteiger partial charge is 0.492 e. The number of sulfonamides is 1. The summed E-state index contributed by atoms with van der Waals surface area (Å²) >= 11 is 7.62. The standard InChI is InChI=1S/C33H40ClN3O5S2/c1-4-29(33(39)35-26-10-6-7-11-26)36(22-24-14-16-25(34)17-15-24)32(38)23-37(30-12-8-9-13-31(30)42-5-2)44(40,41)28-20-18-27(43-3)19-21-28/h8-9,12-21,26,29H,4-7,10-11,22-23H2,1-3H3,(H,35,39)/t29-/m0/s1. The second-order valence-corrected chi connectivity index (χ2v) is 13.8. The molecule has 1 aliphatic carbocycles. The number of nitrogens with one attached hydrogen (secondary N) is 1. The third-order valence-corrected chi connectivity index (χ3v) is 10.5. The van der Waals surface area contributed by atoms with Gasteiger partial charge in [0.05, 0.1) is 17.2 Å². The van der Waals surface area contributed by atoms with Gasteiger partial charge in [0, 0.05) is 22.5 Å². The van der Waals surface area contributed by atoms with E-state index in [1.54, 1.807) is 60.7 Å².